The van der Waals surface area contributed by atoms with E-state index < -0.39 is 0 Å². The molecule has 2 aromatic carbocycles. The predicted molar refractivity (Wildman–Crippen MR) is 111 cm³/mol. The Morgan fingerprint density at radius 3 is 2.29 bits per heavy atom. The first-order chi connectivity index (χ1) is 13.4. The second kappa shape index (κ2) is 8.46. The van der Waals surface area contributed by atoms with E-state index in [0.29, 0.717) is 37.2 Å². The molecular weight excluding hydrogens is 352 g/mol. The summed E-state index contributed by atoms with van der Waals surface area (Å²) in [5, 5.41) is 3.11. The van der Waals surface area contributed by atoms with Crippen molar-refractivity contribution in [2.45, 2.75) is 33.6 Å². The van der Waals surface area contributed by atoms with Crippen molar-refractivity contribution in [3.05, 3.63) is 58.7 Å². The fraction of sp³-hybridized carbons (Fsp3) is 0.391. The van der Waals surface area contributed by atoms with Crippen molar-refractivity contribution < 1.29 is 14.3 Å². The summed E-state index contributed by atoms with van der Waals surface area (Å²) >= 11 is 0. The number of methoxy groups -OCH3 is 1. The van der Waals surface area contributed by atoms with Gasteiger partial charge in [-0.15, -0.1) is 0 Å². The number of hydrogen-bond donors (Lipinski definition) is 1. The van der Waals surface area contributed by atoms with Crippen LogP contribution in [0.5, 0.6) is 5.75 Å². The number of likely N-dealkylation sites (tertiary alicyclic amines) is 1. The molecule has 1 N–H and O–H groups in total. The zero-order valence-corrected chi connectivity index (χ0v) is 17.0. The number of benzene rings is 2. The van der Waals surface area contributed by atoms with E-state index in [1.54, 1.807) is 19.2 Å². The molecule has 0 saturated carbocycles. The van der Waals surface area contributed by atoms with Crippen molar-refractivity contribution in [1.29, 1.82) is 0 Å². The third-order valence-corrected chi connectivity index (χ3v) is 5.39. The third kappa shape index (κ3) is 4.35. The largest absolute Gasteiger partial charge is 0.497 e. The number of piperidine rings is 1. The molecule has 0 aromatic heterocycles. The van der Waals surface area contributed by atoms with Crippen LogP contribution in [0.2, 0.25) is 0 Å². The van der Waals surface area contributed by atoms with Crippen molar-refractivity contribution in [2.24, 2.45) is 5.92 Å². The Kier molecular flexibility index (Phi) is 6.02. The van der Waals surface area contributed by atoms with Crippen LogP contribution in [0.3, 0.4) is 0 Å². The molecule has 148 valence electrons. The topological polar surface area (TPSA) is 58.6 Å². The number of amides is 2. The van der Waals surface area contributed by atoms with Crippen LogP contribution < -0.4 is 10.1 Å². The summed E-state index contributed by atoms with van der Waals surface area (Å²) < 4.78 is 5.20. The van der Waals surface area contributed by atoms with Gasteiger partial charge in [0.1, 0.15) is 5.75 Å². The highest BCUT2D eigenvalue weighted by atomic mass is 16.5. The van der Waals surface area contributed by atoms with E-state index in [1.807, 2.05) is 30.9 Å². The third-order valence-electron chi connectivity index (χ3n) is 5.39. The Labute approximate surface area is 166 Å². The van der Waals surface area contributed by atoms with Gasteiger partial charge in [-0.2, -0.15) is 0 Å². The normalized spacial score (nSPS) is 14.6. The second-order valence-electron chi connectivity index (χ2n) is 7.56. The molecule has 0 spiro atoms. The fourth-order valence-corrected chi connectivity index (χ4v) is 3.89. The van der Waals surface area contributed by atoms with E-state index in [9.17, 15) is 9.59 Å². The number of nitrogens with zero attached hydrogens (tertiary/aromatic N) is 1. The Bertz CT molecular complexity index is 860. The summed E-state index contributed by atoms with van der Waals surface area (Å²) in [5.74, 6) is 0.630. The SMILES string of the molecule is COc1cccc(C(=O)N2CCC(C(=O)Nc3c(C)cc(C)cc3C)CC2)c1. The smallest absolute Gasteiger partial charge is 0.253 e. The van der Waals surface area contributed by atoms with E-state index >= 15 is 0 Å². The van der Waals surface area contributed by atoms with Crippen LogP contribution in [0.15, 0.2) is 36.4 Å². The molecule has 5 heteroatoms. The maximum Gasteiger partial charge on any atom is 0.253 e. The van der Waals surface area contributed by atoms with Gasteiger partial charge < -0.3 is 15.0 Å². The summed E-state index contributed by atoms with van der Waals surface area (Å²) in [6.45, 7) is 7.26. The van der Waals surface area contributed by atoms with Crippen LogP contribution in [0.25, 0.3) is 0 Å². The average molecular weight is 380 g/mol. The molecule has 1 fully saturated rings. The maximum absolute atomic E-state index is 12.8. The van der Waals surface area contributed by atoms with Crippen molar-refractivity contribution >= 4 is 17.5 Å². The van der Waals surface area contributed by atoms with E-state index in [1.165, 1.54) is 5.56 Å². The Morgan fingerprint density at radius 2 is 1.68 bits per heavy atom. The summed E-state index contributed by atoms with van der Waals surface area (Å²) in [5.41, 5.74) is 4.88. The number of ether oxygens (including phenoxy) is 1. The first-order valence-corrected chi connectivity index (χ1v) is 9.71. The lowest BCUT2D eigenvalue weighted by Crippen LogP contribution is -2.41. The van der Waals surface area contributed by atoms with Crippen LogP contribution in [-0.2, 0) is 4.79 Å². The van der Waals surface area contributed by atoms with Gasteiger partial charge in [-0.05, 0) is 62.9 Å². The van der Waals surface area contributed by atoms with Gasteiger partial charge in [-0.1, -0.05) is 23.8 Å². The molecule has 0 aliphatic carbocycles. The number of aryl methyl sites for hydroxylation is 3. The van der Waals surface area contributed by atoms with Gasteiger partial charge in [0.15, 0.2) is 0 Å². The molecule has 0 bridgehead atoms. The van der Waals surface area contributed by atoms with Gasteiger partial charge >= 0.3 is 0 Å². The van der Waals surface area contributed by atoms with Crippen LogP contribution in [-0.4, -0.2) is 36.9 Å². The quantitative estimate of drug-likeness (QED) is 0.868. The first kappa shape index (κ1) is 19.9. The Balaban J connectivity index is 1.60. The van der Waals surface area contributed by atoms with Crippen LogP contribution in [0.4, 0.5) is 5.69 Å². The summed E-state index contributed by atoms with van der Waals surface area (Å²) in [6.07, 6.45) is 1.34. The lowest BCUT2D eigenvalue weighted by atomic mass is 9.94. The summed E-state index contributed by atoms with van der Waals surface area (Å²) in [4.78, 5) is 27.3. The van der Waals surface area contributed by atoms with E-state index in [0.717, 1.165) is 16.8 Å². The van der Waals surface area contributed by atoms with Gasteiger partial charge in [-0.3, -0.25) is 9.59 Å². The van der Waals surface area contributed by atoms with Gasteiger partial charge in [-0.25, -0.2) is 0 Å². The zero-order valence-electron chi connectivity index (χ0n) is 17.0. The highest BCUT2D eigenvalue weighted by molar-refractivity contribution is 5.96. The van der Waals surface area contributed by atoms with E-state index in [4.69, 9.17) is 4.74 Å². The lowest BCUT2D eigenvalue weighted by Gasteiger charge is -2.31. The van der Waals surface area contributed by atoms with Crippen LogP contribution in [0.1, 0.15) is 39.9 Å². The summed E-state index contributed by atoms with van der Waals surface area (Å²) in [6, 6.07) is 11.4. The number of nitrogens with one attached hydrogen (secondary N) is 1. The van der Waals surface area contributed by atoms with Crippen molar-refractivity contribution in [3.63, 3.8) is 0 Å². The zero-order chi connectivity index (χ0) is 20.3. The molecule has 1 aliphatic rings. The van der Waals surface area contributed by atoms with Gasteiger partial charge in [0.2, 0.25) is 5.91 Å². The van der Waals surface area contributed by atoms with Crippen molar-refractivity contribution in [2.75, 3.05) is 25.5 Å². The molecule has 2 amide bonds. The number of hydrogen-bond acceptors (Lipinski definition) is 3. The van der Waals surface area contributed by atoms with Crippen LogP contribution >= 0.6 is 0 Å². The molecule has 5 nitrogen and oxygen atoms in total. The number of rotatable bonds is 4. The molecule has 28 heavy (non-hydrogen) atoms. The standard InChI is InChI=1S/C23H28N2O3/c1-15-12-16(2)21(17(3)13-15)24-22(26)18-8-10-25(11-9-18)23(27)19-6-5-7-20(14-19)28-4/h5-7,12-14,18H,8-11H2,1-4H3,(H,24,26). The van der Waals surface area contributed by atoms with Gasteiger partial charge in [0, 0.05) is 30.3 Å². The Hall–Kier alpha value is -2.82. The lowest BCUT2D eigenvalue weighted by molar-refractivity contribution is -0.121. The monoisotopic (exact) mass is 380 g/mol. The molecule has 3 rings (SSSR count). The fourth-order valence-electron chi connectivity index (χ4n) is 3.89. The highest BCUT2D eigenvalue weighted by Gasteiger charge is 2.28. The van der Waals surface area contributed by atoms with Crippen LogP contribution in [0, 0.1) is 26.7 Å². The molecule has 0 atom stereocenters. The molecular formula is C23H28N2O3. The molecule has 1 heterocycles. The number of anilines is 1. The van der Waals surface area contributed by atoms with Gasteiger partial charge in [0.25, 0.3) is 5.91 Å². The van der Waals surface area contributed by atoms with Gasteiger partial charge in [0.05, 0.1) is 7.11 Å². The molecule has 0 radical (unpaired) electrons. The predicted octanol–water partition coefficient (Wildman–Crippen LogP) is 4.11. The maximum atomic E-state index is 12.8. The van der Waals surface area contributed by atoms with Crippen molar-refractivity contribution in [3.8, 4) is 5.75 Å². The first-order valence-electron chi connectivity index (χ1n) is 9.71. The van der Waals surface area contributed by atoms with E-state index in [2.05, 4.69) is 24.4 Å². The molecule has 0 unspecified atom stereocenters. The van der Waals surface area contributed by atoms with E-state index in [-0.39, 0.29) is 17.7 Å². The number of carbonyl (C=O) groups is 2. The Morgan fingerprint density at radius 1 is 1.04 bits per heavy atom. The molecule has 1 aliphatic heterocycles. The number of carbonyl (C=O) groups excluding carboxylic acids is 2. The minimum Gasteiger partial charge on any atom is -0.497 e. The summed E-state index contributed by atoms with van der Waals surface area (Å²) in [7, 11) is 1.59. The molecule has 2 aromatic rings. The second-order valence-corrected chi connectivity index (χ2v) is 7.56. The average Bonchev–Trinajstić information content (AvgIpc) is 2.70. The minimum absolute atomic E-state index is 0.0111. The minimum atomic E-state index is -0.0746. The highest BCUT2D eigenvalue weighted by Crippen LogP contribution is 2.26. The molecule has 1 saturated heterocycles. The van der Waals surface area contributed by atoms with Crippen molar-refractivity contribution in [1.82, 2.24) is 4.90 Å².